The van der Waals surface area contributed by atoms with Crippen LogP contribution in [0.2, 0.25) is 0 Å². The van der Waals surface area contributed by atoms with Gasteiger partial charge in [-0.1, -0.05) is 12.1 Å². The molecule has 8 nitrogen and oxygen atoms in total. The van der Waals surface area contributed by atoms with Gasteiger partial charge in [-0.25, -0.2) is 9.18 Å². The van der Waals surface area contributed by atoms with Crippen molar-refractivity contribution in [2.75, 3.05) is 25.6 Å². The van der Waals surface area contributed by atoms with E-state index in [0.29, 0.717) is 13.0 Å². The number of ether oxygens (including phenoxy) is 2. The number of fused-ring (bicyclic) bond motifs is 1. The number of esters is 1. The highest BCUT2D eigenvalue weighted by atomic mass is 19.1. The molecule has 1 N–H and O–H groups in total. The molecule has 2 aromatic rings. The average Bonchev–Trinajstić information content (AvgIpc) is 2.99. The fourth-order valence-corrected chi connectivity index (χ4v) is 3.07. The van der Waals surface area contributed by atoms with E-state index < -0.39 is 35.6 Å². The predicted molar refractivity (Wildman–Crippen MR) is 108 cm³/mol. The second-order valence-electron chi connectivity index (χ2n) is 6.89. The van der Waals surface area contributed by atoms with E-state index in [9.17, 15) is 23.6 Å². The Bertz CT molecular complexity index is 1040. The molecule has 162 valence electrons. The second-order valence-corrected chi connectivity index (χ2v) is 6.89. The van der Waals surface area contributed by atoms with Crippen molar-refractivity contribution >= 4 is 29.4 Å². The van der Waals surface area contributed by atoms with E-state index in [1.807, 2.05) is 0 Å². The summed E-state index contributed by atoms with van der Waals surface area (Å²) in [6.07, 6.45) is -0.728. The van der Waals surface area contributed by atoms with Crippen molar-refractivity contribution < 1.29 is 33.0 Å². The van der Waals surface area contributed by atoms with Crippen LogP contribution in [0.15, 0.2) is 42.5 Å². The third-order valence-corrected chi connectivity index (χ3v) is 4.72. The van der Waals surface area contributed by atoms with Crippen LogP contribution < -0.4 is 5.32 Å². The van der Waals surface area contributed by atoms with Crippen LogP contribution in [0.3, 0.4) is 0 Å². The van der Waals surface area contributed by atoms with E-state index in [2.05, 4.69) is 5.32 Å². The molecule has 3 rings (SSSR count). The van der Waals surface area contributed by atoms with Crippen molar-refractivity contribution in [2.45, 2.75) is 19.4 Å². The Labute approximate surface area is 177 Å². The number of hydrogen-bond acceptors (Lipinski definition) is 6. The Hall–Kier alpha value is -3.59. The second kappa shape index (κ2) is 9.48. The fraction of sp³-hybridized carbons (Fsp3) is 0.273. The van der Waals surface area contributed by atoms with Gasteiger partial charge >= 0.3 is 5.97 Å². The smallest absolute Gasteiger partial charge is 0.338 e. The van der Waals surface area contributed by atoms with Gasteiger partial charge in [0.15, 0.2) is 6.10 Å². The van der Waals surface area contributed by atoms with Gasteiger partial charge in [-0.15, -0.1) is 0 Å². The maximum atomic E-state index is 13.7. The van der Waals surface area contributed by atoms with Gasteiger partial charge in [-0.05, 0) is 43.7 Å². The van der Waals surface area contributed by atoms with Gasteiger partial charge in [0.2, 0.25) is 0 Å². The van der Waals surface area contributed by atoms with Crippen molar-refractivity contribution in [1.82, 2.24) is 4.90 Å². The molecule has 31 heavy (non-hydrogen) atoms. The minimum atomic E-state index is -1.22. The zero-order valence-corrected chi connectivity index (χ0v) is 17.0. The van der Waals surface area contributed by atoms with Gasteiger partial charge in [-0.3, -0.25) is 19.3 Å². The SMILES string of the molecule is COCCCN1C(=O)c2ccc(C(=O)OC(C)C(=O)Nc3ccccc3F)cc2C1=O. The number of amides is 3. The van der Waals surface area contributed by atoms with E-state index in [-0.39, 0.29) is 28.9 Å². The van der Waals surface area contributed by atoms with Gasteiger partial charge < -0.3 is 14.8 Å². The molecule has 0 saturated carbocycles. The quantitative estimate of drug-likeness (QED) is 0.394. The molecule has 1 aliphatic heterocycles. The molecule has 0 bridgehead atoms. The fourth-order valence-electron chi connectivity index (χ4n) is 3.07. The van der Waals surface area contributed by atoms with Crippen molar-refractivity contribution in [3.63, 3.8) is 0 Å². The lowest BCUT2D eigenvalue weighted by Gasteiger charge is -2.14. The number of nitrogens with zero attached hydrogens (tertiary/aromatic N) is 1. The number of rotatable bonds is 8. The van der Waals surface area contributed by atoms with Gasteiger partial charge in [0.1, 0.15) is 5.82 Å². The molecule has 0 aromatic heterocycles. The van der Waals surface area contributed by atoms with E-state index in [1.54, 1.807) is 6.07 Å². The third-order valence-electron chi connectivity index (χ3n) is 4.72. The van der Waals surface area contributed by atoms with E-state index in [4.69, 9.17) is 9.47 Å². The standard InChI is InChI=1S/C22H21FN2O6/c1-13(19(26)24-18-7-4-3-6-17(18)23)31-22(29)14-8-9-15-16(12-14)21(28)25(20(15)27)10-5-11-30-2/h3-4,6-9,12-13H,5,10-11H2,1-2H3,(H,24,26). The first-order valence-corrected chi connectivity index (χ1v) is 9.59. The summed E-state index contributed by atoms with van der Waals surface area (Å²) in [7, 11) is 1.53. The number of halogens is 1. The van der Waals surface area contributed by atoms with Gasteiger partial charge in [-0.2, -0.15) is 0 Å². The summed E-state index contributed by atoms with van der Waals surface area (Å²) < 4.78 is 23.7. The molecule has 1 atom stereocenters. The summed E-state index contributed by atoms with van der Waals surface area (Å²) >= 11 is 0. The number of methoxy groups -OCH3 is 1. The van der Waals surface area contributed by atoms with E-state index in [0.717, 1.165) is 4.90 Å². The normalized spacial score (nSPS) is 13.7. The molecule has 9 heteroatoms. The summed E-state index contributed by atoms with van der Waals surface area (Å²) in [4.78, 5) is 50.7. The first kappa shape index (κ1) is 22.1. The van der Waals surface area contributed by atoms with Gasteiger partial charge in [0, 0.05) is 20.3 Å². The molecule has 2 aromatic carbocycles. The number of carbonyl (C=O) groups is 4. The largest absolute Gasteiger partial charge is 0.449 e. The molecular weight excluding hydrogens is 407 g/mol. The highest BCUT2D eigenvalue weighted by molar-refractivity contribution is 6.22. The zero-order chi connectivity index (χ0) is 22.5. The topological polar surface area (TPSA) is 102 Å². The molecule has 0 spiro atoms. The Morgan fingerprint density at radius 3 is 2.52 bits per heavy atom. The Morgan fingerprint density at radius 1 is 1.10 bits per heavy atom. The third kappa shape index (κ3) is 4.77. The number of carbonyl (C=O) groups excluding carboxylic acids is 4. The first-order chi connectivity index (χ1) is 14.8. The number of hydrogen-bond donors (Lipinski definition) is 1. The van der Waals surface area contributed by atoms with E-state index in [1.165, 1.54) is 50.4 Å². The van der Waals surface area contributed by atoms with Crippen LogP contribution in [-0.2, 0) is 14.3 Å². The maximum Gasteiger partial charge on any atom is 0.338 e. The predicted octanol–water partition coefficient (Wildman–Crippen LogP) is 2.64. The van der Waals surface area contributed by atoms with Crippen LogP contribution in [-0.4, -0.2) is 55.0 Å². The Kier molecular flexibility index (Phi) is 6.76. The number of para-hydroxylation sites is 1. The van der Waals surface area contributed by atoms with Crippen molar-refractivity contribution in [3.8, 4) is 0 Å². The maximum absolute atomic E-state index is 13.7. The van der Waals surface area contributed by atoms with Crippen molar-refractivity contribution in [2.24, 2.45) is 0 Å². The van der Waals surface area contributed by atoms with E-state index >= 15 is 0 Å². The van der Waals surface area contributed by atoms with Gasteiger partial charge in [0.25, 0.3) is 17.7 Å². The summed E-state index contributed by atoms with van der Waals surface area (Å²) in [5.74, 6) is -3.12. The minimum absolute atomic E-state index is 0.0178. The lowest BCUT2D eigenvalue weighted by molar-refractivity contribution is -0.123. The summed E-state index contributed by atoms with van der Waals surface area (Å²) in [6.45, 7) is 1.94. The number of benzene rings is 2. The van der Waals surface area contributed by atoms with Crippen LogP contribution in [0.4, 0.5) is 10.1 Å². The van der Waals surface area contributed by atoms with Crippen molar-refractivity contribution in [1.29, 1.82) is 0 Å². The molecule has 0 fully saturated rings. The van der Waals surface area contributed by atoms with Crippen LogP contribution in [0, 0.1) is 5.82 Å². The summed E-state index contributed by atoms with van der Waals surface area (Å²) in [6, 6.07) is 9.61. The Morgan fingerprint density at radius 2 is 1.81 bits per heavy atom. The first-order valence-electron chi connectivity index (χ1n) is 9.59. The molecule has 3 amide bonds. The molecule has 0 saturated heterocycles. The highest BCUT2D eigenvalue weighted by Gasteiger charge is 2.36. The lowest BCUT2D eigenvalue weighted by Crippen LogP contribution is -2.31. The minimum Gasteiger partial charge on any atom is -0.449 e. The van der Waals surface area contributed by atoms with Crippen LogP contribution in [0.1, 0.15) is 44.4 Å². The average molecular weight is 428 g/mol. The molecular formula is C22H21FN2O6. The molecule has 1 unspecified atom stereocenters. The Balaban J connectivity index is 1.67. The van der Waals surface area contributed by atoms with Crippen LogP contribution in [0.25, 0.3) is 0 Å². The van der Waals surface area contributed by atoms with Gasteiger partial charge in [0.05, 0.1) is 22.4 Å². The van der Waals surface area contributed by atoms with Crippen LogP contribution in [0.5, 0.6) is 0 Å². The molecule has 1 aliphatic rings. The number of nitrogens with one attached hydrogen (secondary N) is 1. The molecule has 0 radical (unpaired) electrons. The summed E-state index contributed by atoms with van der Waals surface area (Å²) in [5.41, 5.74) is 0.277. The monoisotopic (exact) mass is 428 g/mol. The summed E-state index contributed by atoms with van der Waals surface area (Å²) in [5, 5.41) is 2.34. The molecule has 0 aliphatic carbocycles. The zero-order valence-electron chi connectivity index (χ0n) is 17.0. The number of anilines is 1. The molecule has 1 heterocycles. The van der Waals surface area contributed by atoms with Crippen LogP contribution >= 0.6 is 0 Å². The highest BCUT2D eigenvalue weighted by Crippen LogP contribution is 2.25. The lowest BCUT2D eigenvalue weighted by atomic mass is 10.1. The van der Waals surface area contributed by atoms with Crippen molar-refractivity contribution in [3.05, 3.63) is 65.0 Å². The number of imide groups is 1.